The summed E-state index contributed by atoms with van der Waals surface area (Å²) in [6, 6.07) is 8.51. The predicted molar refractivity (Wildman–Crippen MR) is 68.2 cm³/mol. The number of carboxylic acids is 1. The number of carboxylic acid groups (broad SMARTS) is 1. The molecule has 0 aliphatic heterocycles. The average Bonchev–Trinajstić information content (AvgIpc) is 3.10. The van der Waals surface area contributed by atoms with Crippen LogP contribution >= 0.6 is 0 Å². The van der Waals surface area contributed by atoms with E-state index in [1.165, 1.54) is 0 Å². The van der Waals surface area contributed by atoms with E-state index in [0.717, 1.165) is 18.4 Å². The number of hydrogen-bond acceptors (Lipinski definition) is 3. The summed E-state index contributed by atoms with van der Waals surface area (Å²) in [6.45, 7) is 1.86. The van der Waals surface area contributed by atoms with Gasteiger partial charge in [0.1, 0.15) is 6.04 Å². The number of aliphatic hydroxyl groups excluding tert-OH is 1. The van der Waals surface area contributed by atoms with Crippen LogP contribution in [0.1, 0.15) is 31.4 Å². The van der Waals surface area contributed by atoms with Gasteiger partial charge in [-0.2, -0.15) is 0 Å². The minimum Gasteiger partial charge on any atom is -0.480 e. The molecule has 1 aliphatic carbocycles. The van der Waals surface area contributed by atoms with Crippen LogP contribution in [0.25, 0.3) is 0 Å². The third-order valence-corrected chi connectivity index (χ3v) is 3.73. The Morgan fingerprint density at radius 1 is 1.39 bits per heavy atom. The SMILES string of the molecule is CC1([C@H](N[C@@H](CO)c2ccccc2)C(=O)O)CC1. The van der Waals surface area contributed by atoms with Crippen LogP contribution in [0.5, 0.6) is 0 Å². The molecular formula is C14H19NO3. The van der Waals surface area contributed by atoms with Crippen LogP contribution in [0.3, 0.4) is 0 Å². The first-order valence-corrected chi connectivity index (χ1v) is 6.21. The molecule has 0 aromatic heterocycles. The highest BCUT2D eigenvalue weighted by Gasteiger charge is 2.49. The summed E-state index contributed by atoms with van der Waals surface area (Å²) in [5, 5.41) is 21.8. The summed E-state index contributed by atoms with van der Waals surface area (Å²) >= 11 is 0. The van der Waals surface area contributed by atoms with Crippen LogP contribution in [-0.2, 0) is 4.79 Å². The molecule has 1 aromatic carbocycles. The molecule has 0 radical (unpaired) electrons. The highest BCUT2D eigenvalue weighted by molar-refractivity contribution is 5.75. The van der Waals surface area contributed by atoms with Crippen LogP contribution in [0.15, 0.2) is 30.3 Å². The van der Waals surface area contributed by atoms with Gasteiger partial charge in [0.15, 0.2) is 0 Å². The van der Waals surface area contributed by atoms with E-state index in [1.807, 2.05) is 37.3 Å². The van der Waals surface area contributed by atoms with Gasteiger partial charge >= 0.3 is 5.97 Å². The molecule has 3 N–H and O–H groups in total. The maximum absolute atomic E-state index is 11.3. The number of rotatable bonds is 6. The van der Waals surface area contributed by atoms with Crippen molar-refractivity contribution in [2.45, 2.75) is 31.8 Å². The van der Waals surface area contributed by atoms with Crippen molar-refractivity contribution in [3.63, 3.8) is 0 Å². The Bertz CT molecular complexity index is 414. The molecule has 0 spiro atoms. The van der Waals surface area contributed by atoms with Crippen molar-refractivity contribution in [2.75, 3.05) is 6.61 Å². The topological polar surface area (TPSA) is 69.6 Å². The Morgan fingerprint density at radius 3 is 2.44 bits per heavy atom. The van der Waals surface area contributed by atoms with Crippen molar-refractivity contribution in [1.82, 2.24) is 5.32 Å². The fourth-order valence-electron chi connectivity index (χ4n) is 2.20. The Morgan fingerprint density at radius 2 is 2.00 bits per heavy atom. The van der Waals surface area contributed by atoms with Gasteiger partial charge < -0.3 is 10.2 Å². The summed E-state index contributed by atoms with van der Waals surface area (Å²) in [5.41, 5.74) is 0.740. The standard InChI is InChI=1S/C14H19NO3/c1-14(7-8-14)12(13(17)18)15-11(9-16)10-5-3-2-4-6-10/h2-6,11-12,15-16H,7-9H2,1H3,(H,17,18)/t11-,12+/m0/s1. The maximum Gasteiger partial charge on any atom is 0.321 e. The molecule has 18 heavy (non-hydrogen) atoms. The summed E-state index contributed by atoms with van der Waals surface area (Å²) in [4.78, 5) is 11.3. The monoisotopic (exact) mass is 249 g/mol. The molecular weight excluding hydrogens is 230 g/mol. The first kappa shape index (κ1) is 13.1. The van der Waals surface area contributed by atoms with Gasteiger partial charge in [0.25, 0.3) is 0 Å². The number of benzene rings is 1. The van der Waals surface area contributed by atoms with Crippen molar-refractivity contribution in [3.8, 4) is 0 Å². The Kier molecular flexibility index (Phi) is 3.68. The molecule has 2 rings (SSSR count). The van der Waals surface area contributed by atoms with Crippen molar-refractivity contribution < 1.29 is 15.0 Å². The molecule has 0 saturated heterocycles. The number of nitrogens with one attached hydrogen (secondary N) is 1. The van der Waals surface area contributed by atoms with Gasteiger partial charge in [0, 0.05) is 0 Å². The predicted octanol–water partition coefficient (Wildman–Crippen LogP) is 1.56. The van der Waals surface area contributed by atoms with Gasteiger partial charge in [-0.15, -0.1) is 0 Å². The second kappa shape index (κ2) is 5.08. The zero-order chi connectivity index (χ0) is 13.2. The van der Waals surface area contributed by atoms with Gasteiger partial charge in [-0.1, -0.05) is 37.3 Å². The van der Waals surface area contributed by atoms with Gasteiger partial charge in [-0.05, 0) is 23.8 Å². The zero-order valence-corrected chi connectivity index (χ0v) is 10.5. The number of carbonyl (C=O) groups is 1. The van der Waals surface area contributed by atoms with Crippen molar-refractivity contribution in [2.24, 2.45) is 5.41 Å². The second-order valence-corrected chi connectivity index (χ2v) is 5.24. The van der Waals surface area contributed by atoms with E-state index in [-0.39, 0.29) is 18.1 Å². The third kappa shape index (κ3) is 2.71. The van der Waals surface area contributed by atoms with E-state index in [1.54, 1.807) is 0 Å². The summed E-state index contributed by atoms with van der Waals surface area (Å²) in [7, 11) is 0. The Hall–Kier alpha value is -1.39. The molecule has 1 aliphatic rings. The van der Waals surface area contributed by atoms with Crippen LogP contribution in [0.2, 0.25) is 0 Å². The van der Waals surface area contributed by atoms with Gasteiger partial charge in [0.2, 0.25) is 0 Å². The van der Waals surface area contributed by atoms with Gasteiger partial charge in [-0.3, -0.25) is 10.1 Å². The molecule has 0 amide bonds. The highest BCUT2D eigenvalue weighted by atomic mass is 16.4. The summed E-state index contributed by atoms with van der Waals surface area (Å²) in [6.07, 6.45) is 1.84. The first-order chi connectivity index (χ1) is 8.57. The number of aliphatic hydroxyl groups is 1. The second-order valence-electron chi connectivity index (χ2n) is 5.24. The van der Waals surface area contributed by atoms with Crippen molar-refractivity contribution in [3.05, 3.63) is 35.9 Å². The number of aliphatic carboxylic acids is 1. The lowest BCUT2D eigenvalue weighted by molar-refractivity contribution is -0.141. The molecule has 98 valence electrons. The van der Waals surface area contributed by atoms with E-state index >= 15 is 0 Å². The van der Waals surface area contributed by atoms with Gasteiger partial charge in [-0.25, -0.2) is 0 Å². The minimum absolute atomic E-state index is 0.107. The van der Waals surface area contributed by atoms with E-state index in [0.29, 0.717) is 0 Å². The minimum atomic E-state index is -0.843. The third-order valence-electron chi connectivity index (χ3n) is 3.73. The smallest absolute Gasteiger partial charge is 0.321 e. The first-order valence-electron chi connectivity index (χ1n) is 6.21. The molecule has 1 saturated carbocycles. The lowest BCUT2D eigenvalue weighted by atomic mass is 9.96. The van der Waals surface area contributed by atoms with Gasteiger partial charge in [0.05, 0.1) is 12.6 Å². The molecule has 1 fully saturated rings. The quantitative estimate of drug-likeness (QED) is 0.715. The fraction of sp³-hybridized carbons (Fsp3) is 0.500. The van der Waals surface area contributed by atoms with E-state index < -0.39 is 12.0 Å². The summed E-state index contributed by atoms with van der Waals surface area (Å²) in [5.74, 6) is -0.843. The normalized spacial score (nSPS) is 20.1. The average molecular weight is 249 g/mol. The number of hydrogen-bond donors (Lipinski definition) is 3. The van der Waals surface area contributed by atoms with Crippen LogP contribution in [0, 0.1) is 5.41 Å². The van der Waals surface area contributed by atoms with E-state index in [4.69, 9.17) is 0 Å². The van der Waals surface area contributed by atoms with Crippen LogP contribution in [0.4, 0.5) is 0 Å². The lowest BCUT2D eigenvalue weighted by Crippen LogP contribution is -2.45. The van der Waals surface area contributed by atoms with Crippen LogP contribution < -0.4 is 5.32 Å². The van der Waals surface area contributed by atoms with E-state index in [2.05, 4.69) is 5.32 Å². The fourth-order valence-corrected chi connectivity index (χ4v) is 2.20. The highest BCUT2D eigenvalue weighted by Crippen LogP contribution is 2.48. The van der Waals surface area contributed by atoms with Crippen LogP contribution in [-0.4, -0.2) is 28.8 Å². The molecule has 0 bridgehead atoms. The molecule has 2 atom stereocenters. The van der Waals surface area contributed by atoms with Crippen molar-refractivity contribution >= 4 is 5.97 Å². The molecule has 4 heteroatoms. The summed E-state index contributed by atoms with van der Waals surface area (Å²) < 4.78 is 0. The maximum atomic E-state index is 11.3. The van der Waals surface area contributed by atoms with E-state index in [9.17, 15) is 15.0 Å². The molecule has 0 heterocycles. The zero-order valence-electron chi connectivity index (χ0n) is 10.5. The van der Waals surface area contributed by atoms with Crippen molar-refractivity contribution in [1.29, 1.82) is 0 Å². The lowest BCUT2D eigenvalue weighted by Gasteiger charge is -2.26. The Labute approximate surface area is 107 Å². The molecule has 1 aromatic rings. The molecule has 0 unspecified atom stereocenters. The molecule has 4 nitrogen and oxygen atoms in total. The largest absolute Gasteiger partial charge is 0.480 e. The Balaban J connectivity index is 2.12.